The Kier molecular flexibility index (Phi) is 7.52. The molecule has 2 fully saturated rings. The summed E-state index contributed by atoms with van der Waals surface area (Å²) in [4.78, 5) is 25.9. The average molecular weight is 505 g/mol. The molecular weight excluding hydrogens is 480 g/mol. The number of likely N-dealkylation sites (tertiary alicyclic amines) is 1. The molecule has 34 heavy (non-hydrogen) atoms. The van der Waals surface area contributed by atoms with E-state index < -0.39 is 62.4 Å². The van der Waals surface area contributed by atoms with Crippen LogP contribution in [0.4, 0.5) is 17.6 Å². The number of rotatable bonds is 10. The number of nitrogens with one attached hydrogen (secondary N) is 2. The highest BCUT2D eigenvalue weighted by molar-refractivity contribution is 7.91. The van der Waals surface area contributed by atoms with Gasteiger partial charge in [-0.1, -0.05) is 12.1 Å². The standard InChI is InChI=1S/C21H24F4N4O4S/c22-15-5-3-14(4-6-15)18(21(23,24)25)27-16(19(31)28-20(13-26)7-8-20)12-34(32,33)11-10-29-9-1-2-17(29)30/h3-6,16,18,27H,1-2,7-12H2,(H,28,31)/t16?,18-/m1/s1. The number of nitrogens with zero attached hydrogens (tertiary/aromatic N) is 2. The molecule has 1 aliphatic heterocycles. The molecule has 8 nitrogen and oxygen atoms in total. The first-order valence-electron chi connectivity index (χ1n) is 10.6. The Morgan fingerprint density at radius 3 is 2.38 bits per heavy atom. The highest BCUT2D eigenvalue weighted by Crippen LogP contribution is 2.35. The van der Waals surface area contributed by atoms with Gasteiger partial charge in [-0.15, -0.1) is 0 Å². The van der Waals surface area contributed by atoms with Gasteiger partial charge in [-0.25, -0.2) is 12.8 Å². The summed E-state index contributed by atoms with van der Waals surface area (Å²) < 4.78 is 80.2. The van der Waals surface area contributed by atoms with Gasteiger partial charge in [0.25, 0.3) is 0 Å². The monoisotopic (exact) mass is 504 g/mol. The molecule has 0 radical (unpaired) electrons. The molecule has 0 spiro atoms. The van der Waals surface area contributed by atoms with Crippen LogP contribution >= 0.6 is 0 Å². The van der Waals surface area contributed by atoms with Crippen LogP contribution in [0.3, 0.4) is 0 Å². The van der Waals surface area contributed by atoms with Gasteiger partial charge in [0.1, 0.15) is 23.4 Å². The Morgan fingerprint density at radius 2 is 1.88 bits per heavy atom. The van der Waals surface area contributed by atoms with E-state index in [1.54, 1.807) is 0 Å². The van der Waals surface area contributed by atoms with E-state index in [9.17, 15) is 40.8 Å². The van der Waals surface area contributed by atoms with Gasteiger partial charge in [-0.05, 0) is 37.0 Å². The number of hydrogen-bond acceptors (Lipinski definition) is 6. The third-order valence-electron chi connectivity index (χ3n) is 5.81. The van der Waals surface area contributed by atoms with Crippen LogP contribution in [-0.2, 0) is 19.4 Å². The zero-order chi connectivity index (χ0) is 25.1. The van der Waals surface area contributed by atoms with E-state index in [0.717, 1.165) is 24.3 Å². The molecule has 1 unspecified atom stereocenters. The topological polar surface area (TPSA) is 119 Å². The first-order valence-corrected chi connectivity index (χ1v) is 12.5. The largest absolute Gasteiger partial charge is 0.407 e. The second-order valence-corrected chi connectivity index (χ2v) is 10.8. The molecule has 1 aliphatic carbocycles. The van der Waals surface area contributed by atoms with E-state index in [4.69, 9.17) is 0 Å². The minimum atomic E-state index is -4.94. The molecule has 1 saturated carbocycles. The number of carbonyl (C=O) groups excluding carboxylic acids is 2. The van der Waals surface area contributed by atoms with Crippen molar-refractivity contribution in [1.82, 2.24) is 15.5 Å². The van der Waals surface area contributed by atoms with Crippen molar-refractivity contribution in [2.75, 3.05) is 24.6 Å². The van der Waals surface area contributed by atoms with Gasteiger partial charge in [0.15, 0.2) is 9.84 Å². The van der Waals surface area contributed by atoms with Crippen molar-refractivity contribution in [2.45, 2.75) is 49.5 Å². The zero-order valence-corrected chi connectivity index (χ0v) is 18.9. The van der Waals surface area contributed by atoms with E-state index >= 15 is 0 Å². The predicted octanol–water partition coefficient (Wildman–Crippen LogP) is 1.60. The summed E-state index contributed by atoms with van der Waals surface area (Å²) in [6, 6.07) is 0.990. The molecule has 186 valence electrons. The maximum Gasteiger partial charge on any atom is 0.407 e. The number of nitriles is 1. The fourth-order valence-electron chi connectivity index (χ4n) is 3.68. The van der Waals surface area contributed by atoms with E-state index in [1.165, 1.54) is 4.90 Å². The first kappa shape index (κ1) is 25.9. The van der Waals surface area contributed by atoms with Gasteiger partial charge < -0.3 is 10.2 Å². The maximum absolute atomic E-state index is 13.8. The first-order chi connectivity index (χ1) is 15.8. The Morgan fingerprint density at radius 1 is 1.24 bits per heavy atom. The Labute approximate surface area is 194 Å². The molecule has 2 N–H and O–H groups in total. The minimum absolute atomic E-state index is 0.127. The normalized spacial score (nSPS) is 19.4. The second-order valence-electron chi connectivity index (χ2n) is 8.53. The van der Waals surface area contributed by atoms with Crippen molar-refractivity contribution in [3.05, 3.63) is 35.6 Å². The van der Waals surface area contributed by atoms with Crippen molar-refractivity contribution in [3.8, 4) is 6.07 Å². The van der Waals surface area contributed by atoms with Crippen LogP contribution in [0.15, 0.2) is 24.3 Å². The second kappa shape index (κ2) is 9.87. The van der Waals surface area contributed by atoms with E-state index in [0.29, 0.717) is 32.2 Å². The van der Waals surface area contributed by atoms with Crippen LogP contribution in [0.1, 0.15) is 37.3 Å². The van der Waals surface area contributed by atoms with E-state index in [1.807, 2.05) is 6.07 Å². The summed E-state index contributed by atoms with van der Waals surface area (Å²) in [6.45, 7) is 0.264. The molecular formula is C21H24F4N4O4S. The van der Waals surface area contributed by atoms with E-state index in [-0.39, 0.29) is 12.5 Å². The molecule has 0 aromatic heterocycles. The summed E-state index contributed by atoms with van der Waals surface area (Å²) >= 11 is 0. The lowest BCUT2D eigenvalue weighted by molar-refractivity contribution is -0.160. The maximum atomic E-state index is 13.8. The van der Waals surface area contributed by atoms with Gasteiger partial charge in [0, 0.05) is 19.5 Å². The summed E-state index contributed by atoms with van der Waals surface area (Å²) in [5, 5.41) is 13.6. The van der Waals surface area contributed by atoms with Crippen molar-refractivity contribution in [3.63, 3.8) is 0 Å². The molecule has 1 aromatic rings. The lowest BCUT2D eigenvalue weighted by atomic mass is 10.0. The molecule has 1 saturated heterocycles. The van der Waals surface area contributed by atoms with Crippen LogP contribution in [0.2, 0.25) is 0 Å². The molecule has 13 heteroatoms. The van der Waals surface area contributed by atoms with Gasteiger partial charge in [0.2, 0.25) is 11.8 Å². The third-order valence-corrected chi connectivity index (χ3v) is 7.45. The molecule has 3 rings (SSSR count). The Balaban J connectivity index is 1.81. The molecule has 0 bridgehead atoms. The zero-order valence-electron chi connectivity index (χ0n) is 18.1. The Hall–Kier alpha value is -2.72. The summed E-state index contributed by atoms with van der Waals surface area (Å²) in [7, 11) is -4.09. The lowest BCUT2D eigenvalue weighted by Gasteiger charge is -2.28. The van der Waals surface area contributed by atoms with Crippen molar-refractivity contribution in [1.29, 1.82) is 5.26 Å². The molecule has 2 aliphatic rings. The van der Waals surface area contributed by atoms with Crippen LogP contribution in [0, 0.1) is 17.1 Å². The fourth-order valence-corrected chi connectivity index (χ4v) is 5.10. The number of benzene rings is 1. The number of alkyl halides is 3. The molecule has 2 amide bonds. The van der Waals surface area contributed by atoms with Crippen molar-refractivity contribution in [2.24, 2.45) is 0 Å². The highest BCUT2D eigenvalue weighted by Gasteiger charge is 2.48. The number of hydrogen-bond donors (Lipinski definition) is 2. The molecule has 2 atom stereocenters. The smallest absolute Gasteiger partial charge is 0.342 e. The van der Waals surface area contributed by atoms with Crippen molar-refractivity contribution >= 4 is 21.7 Å². The van der Waals surface area contributed by atoms with Crippen molar-refractivity contribution < 1.29 is 35.6 Å². The summed E-state index contributed by atoms with van der Waals surface area (Å²) in [6.07, 6.45) is -3.45. The SMILES string of the molecule is N#CC1(NC(=O)C(CS(=O)(=O)CCN2CCCC2=O)N[C@H](c2ccc(F)cc2)C(F)(F)F)CC1. The van der Waals surface area contributed by atoms with Crippen LogP contribution in [0.5, 0.6) is 0 Å². The third kappa shape index (κ3) is 6.66. The lowest BCUT2D eigenvalue weighted by Crippen LogP contribution is -2.54. The summed E-state index contributed by atoms with van der Waals surface area (Å²) in [5.41, 5.74) is -1.64. The quantitative estimate of drug-likeness (QED) is 0.467. The number of amides is 2. The van der Waals surface area contributed by atoms with Gasteiger partial charge in [0.05, 0.1) is 17.6 Å². The predicted molar refractivity (Wildman–Crippen MR) is 112 cm³/mol. The number of carbonyl (C=O) groups is 2. The summed E-state index contributed by atoms with van der Waals surface area (Å²) in [5.74, 6) is -3.53. The van der Waals surface area contributed by atoms with Gasteiger partial charge >= 0.3 is 6.18 Å². The van der Waals surface area contributed by atoms with Crippen LogP contribution in [0.25, 0.3) is 0 Å². The van der Waals surface area contributed by atoms with Gasteiger partial charge in [-0.2, -0.15) is 18.4 Å². The number of sulfone groups is 1. The van der Waals surface area contributed by atoms with Crippen LogP contribution in [-0.4, -0.2) is 67.5 Å². The number of halogens is 4. The van der Waals surface area contributed by atoms with Crippen LogP contribution < -0.4 is 10.6 Å². The highest BCUT2D eigenvalue weighted by atomic mass is 32.2. The Bertz CT molecular complexity index is 1070. The molecule has 1 aromatic carbocycles. The van der Waals surface area contributed by atoms with Gasteiger partial charge in [-0.3, -0.25) is 14.9 Å². The molecule has 1 heterocycles. The minimum Gasteiger partial charge on any atom is -0.342 e. The average Bonchev–Trinajstić information content (AvgIpc) is 3.41. The fraction of sp³-hybridized carbons (Fsp3) is 0.571. The van der Waals surface area contributed by atoms with E-state index in [2.05, 4.69) is 10.6 Å².